The quantitative estimate of drug-likeness (QED) is 0.505. The van der Waals surface area contributed by atoms with E-state index in [0.717, 1.165) is 42.9 Å². The number of rotatable bonds is 5. The molecule has 1 aliphatic rings. The van der Waals surface area contributed by atoms with Crippen LogP contribution in [0.3, 0.4) is 0 Å². The molecule has 0 amide bonds. The molecule has 6 heteroatoms. The number of fused-ring (bicyclic) bond motifs is 1. The van der Waals surface area contributed by atoms with E-state index in [9.17, 15) is 4.79 Å². The third-order valence-electron chi connectivity index (χ3n) is 4.93. The van der Waals surface area contributed by atoms with Crippen LogP contribution in [0.15, 0.2) is 73.6 Å². The molecule has 0 radical (unpaired) electrons. The molecule has 6 nitrogen and oxygen atoms in total. The molecule has 2 aromatic carbocycles. The zero-order valence-electron chi connectivity index (χ0n) is 15.6. The van der Waals surface area contributed by atoms with E-state index in [1.54, 1.807) is 24.5 Å². The van der Waals surface area contributed by atoms with Crippen molar-refractivity contribution in [3.8, 4) is 0 Å². The second kappa shape index (κ2) is 8.19. The molecule has 28 heavy (non-hydrogen) atoms. The van der Waals surface area contributed by atoms with E-state index in [1.807, 2.05) is 42.5 Å². The number of esters is 1. The Kier molecular flexibility index (Phi) is 5.30. The molecule has 1 unspecified atom stereocenters. The minimum Gasteiger partial charge on any atom is -0.439 e. The Morgan fingerprint density at radius 2 is 1.71 bits per heavy atom. The highest BCUT2D eigenvalue weighted by Gasteiger charge is 2.26. The number of carbonyl (C=O) groups is 1. The van der Waals surface area contributed by atoms with Crippen LogP contribution >= 0.6 is 0 Å². The van der Waals surface area contributed by atoms with Crippen molar-refractivity contribution in [2.24, 2.45) is 0 Å². The lowest BCUT2D eigenvalue weighted by atomic mass is 10.2. The smallest absolute Gasteiger partial charge is 0.339 e. The highest BCUT2D eigenvalue weighted by atomic mass is 16.6. The third kappa shape index (κ3) is 3.73. The summed E-state index contributed by atoms with van der Waals surface area (Å²) in [7, 11) is 0. The molecule has 3 aromatic rings. The number of hydrogen-bond acceptors (Lipinski definition) is 6. The molecule has 1 aromatic heterocycles. The average Bonchev–Trinajstić information content (AvgIpc) is 2.77. The molecular formula is C22H22N4O2. The van der Waals surface area contributed by atoms with E-state index in [2.05, 4.69) is 26.3 Å². The molecule has 1 aliphatic heterocycles. The summed E-state index contributed by atoms with van der Waals surface area (Å²) in [6.45, 7) is 6.91. The first-order valence-electron chi connectivity index (χ1n) is 9.33. The third-order valence-corrected chi connectivity index (χ3v) is 4.93. The van der Waals surface area contributed by atoms with Crippen LogP contribution in [0, 0.1) is 0 Å². The Balaban J connectivity index is 1.42. The van der Waals surface area contributed by atoms with E-state index in [4.69, 9.17) is 4.74 Å². The maximum atomic E-state index is 12.4. The first-order valence-corrected chi connectivity index (χ1v) is 9.33. The Hall–Kier alpha value is -3.25. The molecule has 1 saturated heterocycles. The molecular weight excluding hydrogens is 352 g/mol. The van der Waals surface area contributed by atoms with Crippen molar-refractivity contribution in [2.45, 2.75) is 6.23 Å². The molecule has 0 N–H and O–H groups in total. The number of hydrogen-bond donors (Lipinski definition) is 0. The van der Waals surface area contributed by atoms with Gasteiger partial charge in [0.25, 0.3) is 0 Å². The Morgan fingerprint density at radius 3 is 2.46 bits per heavy atom. The second-order valence-corrected chi connectivity index (χ2v) is 6.64. The molecule has 0 saturated carbocycles. The van der Waals surface area contributed by atoms with Crippen LogP contribution in [-0.4, -0.2) is 53.2 Å². The van der Waals surface area contributed by atoms with Gasteiger partial charge in [0, 0.05) is 31.6 Å². The zero-order chi connectivity index (χ0) is 19.3. The summed E-state index contributed by atoms with van der Waals surface area (Å²) < 4.78 is 5.66. The van der Waals surface area contributed by atoms with Crippen LogP contribution in [0.25, 0.3) is 10.9 Å². The van der Waals surface area contributed by atoms with Crippen LogP contribution < -0.4 is 4.90 Å². The van der Waals surface area contributed by atoms with Gasteiger partial charge in [-0.05, 0) is 30.3 Å². The predicted molar refractivity (Wildman–Crippen MR) is 109 cm³/mol. The van der Waals surface area contributed by atoms with Crippen molar-refractivity contribution in [2.75, 3.05) is 31.1 Å². The fraction of sp³-hybridized carbons (Fsp3) is 0.227. The zero-order valence-corrected chi connectivity index (χ0v) is 15.6. The SMILES string of the molecule is C=CC(OC(=O)c1ccccc1)N1CCN(c2ncnc3ccccc23)CC1. The molecule has 1 atom stereocenters. The number of piperazine rings is 1. The minimum absolute atomic E-state index is 0.338. The van der Waals surface area contributed by atoms with Gasteiger partial charge in [0.1, 0.15) is 12.1 Å². The minimum atomic E-state index is -0.447. The van der Waals surface area contributed by atoms with Gasteiger partial charge in [-0.15, -0.1) is 0 Å². The van der Waals surface area contributed by atoms with Crippen molar-refractivity contribution < 1.29 is 9.53 Å². The van der Waals surface area contributed by atoms with Crippen molar-refractivity contribution >= 4 is 22.7 Å². The topological polar surface area (TPSA) is 58.6 Å². The lowest BCUT2D eigenvalue weighted by Gasteiger charge is -2.38. The lowest BCUT2D eigenvalue weighted by molar-refractivity contribution is -0.0115. The monoisotopic (exact) mass is 374 g/mol. The fourth-order valence-corrected chi connectivity index (χ4v) is 3.45. The summed E-state index contributed by atoms with van der Waals surface area (Å²) in [5.74, 6) is 0.608. The van der Waals surface area contributed by atoms with Gasteiger partial charge in [-0.1, -0.05) is 36.9 Å². The molecule has 142 valence electrons. The van der Waals surface area contributed by atoms with Crippen molar-refractivity contribution in [3.05, 3.63) is 79.1 Å². The molecule has 0 bridgehead atoms. The highest BCUT2D eigenvalue weighted by Crippen LogP contribution is 2.24. The summed E-state index contributed by atoms with van der Waals surface area (Å²) in [6, 6.07) is 17.0. The van der Waals surface area contributed by atoms with Gasteiger partial charge in [0.05, 0.1) is 11.1 Å². The standard InChI is InChI=1S/C22H22N4O2/c1-2-20(28-22(27)17-8-4-3-5-9-17)25-12-14-26(15-13-25)21-18-10-6-7-11-19(18)23-16-24-21/h2-11,16,20H,1,12-15H2. The Bertz CT molecular complexity index is 963. The molecule has 1 fully saturated rings. The number of aromatic nitrogens is 2. The van der Waals surface area contributed by atoms with E-state index >= 15 is 0 Å². The maximum absolute atomic E-state index is 12.4. The predicted octanol–water partition coefficient (Wildman–Crippen LogP) is 3.12. The Labute approximate surface area is 164 Å². The fourth-order valence-electron chi connectivity index (χ4n) is 3.45. The van der Waals surface area contributed by atoms with E-state index < -0.39 is 6.23 Å². The number of anilines is 1. The number of carbonyl (C=O) groups excluding carboxylic acids is 1. The van der Waals surface area contributed by atoms with Gasteiger partial charge >= 0.3 is 5.97 Å². The highest BCUT2D eigenvalue weighted by molar-refractivity contribution is 5.90. The largest absolute Gasteiger partial charge is 0.439 e. The van der Waals surface area contributed by atoms with Gasteiger partial charge in [-0.25, -0.2) is 14.8 Å². The van der Waals surface area contributed by atoms with Gasteiger partial charge in [0.2, 0.25) is 0 Å². The summed E-state index contributed by atoms with van der Waals surface area (Å²) >= 11 is 0. The van der Waals surface area contributed by atoms with Crippen molar-refractivity contribution in [1.29, 1.82) is 0 Å². The van der Waals surface area contributed by atoms with Crippen molar-refractivity contribution in [3.63, 3.8) is 0 Å². The van der Waals surface area contributed by atoms with Crippen molar-refractivity contribution in [1.82, 2.24) is 14.9 Å². The van der Waals surface area contributed by atoms with Gasteiger partial charge in [-0.2, -0.15) is 0 Å². The summed E-state index contributed by atoms with van der Waals surface area (Å²) in [5, 5.41) is 1.05. The van der Waals surface area contributed by atoms with Crippen LogP contribution in [0.2, 0.25) is 0 Å². The normalized spacial score (nSPS) is 15.9. The maximum Gasteiger partial charge on any atom is 0.339 e. The average molecular weight is 374 g/mol. The van der Waals surface area contributed by atoms with Crippen LogP contribution in [0.5, 0.6) is 0 Å². The number of nitrogens with zero attached hydrogens (tertiary/aromatic N) is 4. The first kappa shape index (κ1) is 18.1. The van der Waals surface area contributed by atoms with E-state index in [0.29, 0.717) is 5.56 Å². The lowest BCUT2D eigenvalue weighted by Crippen LogP contribution is -2.51. The van der Waals surface area contributed by atoms with E-state index in [1.165, 1.54) is 0 Å². The number of para-hydroxylation sites is 1. The number of ether oxygens (including phenoxy) is 1. The second-order valence-electron chi connectivity index (χ2n) is 6.64. The summed E-state index contributed by atoms with van der Waals surface area (Å²) in [6.07, 6.45) is 2.84. The van der Waals surface area contributed by atoms with Gasteiger partial charge in [0.15, 0.2) is 6.23 Å². The van der Waals surface area contributed by atoms with Crippen LogP contribution in [-0.2, 0) is 4.74 Å². The molecule has 0 spiro atoms. The Morgan fingerprint density at radius 1 is 1.00 bits per heavy atom. The number of benzene rings is 2. The first-order chi connectivity index (χ1) is 13.8. The van der Waals surface area contributed by atoms with Gasteiger partial charge < -0.3 is 9.64 Å². The summed E-state index contributed by atoms with van der Waals surface area (Å²) in [4.78, 5) is 25.6. The van der Waals surface area contributed by atoms with E-state index in [-0.39, 0.29) is 5.97 Å². The summed E-state index contributed by atoms with van der Waals surface area (Å²) in [5.41, 5.74) is 1.48. The molecule has 4 rings (SSSR count). The van der Waals surface area contributed by atoms with Crippen LogP contribution in [0.1, 0.15) is 10.4 Å². The van der Waals surface area contributed by atoms with Gasteiger partial charge in [-0.3, -0.25) is 4.90 Å². The molecule has 0 aliphatic carbocycles. The molecule has 2 heterocycles. The van der Waals surface area contributed by atoms with Crippen LogP contribution in [0.4, 0.5) is 5.82 Å².